The van der Waals surface area contributed by atoms with E-state index in [4.69, 9.17) is 10.5 Å². The minimum Gasteiger partial charge on any atom is -0.497 e. The zero-order valence-corrected chi connectivity index (χ0v) is 12.8. The Hall–Kier alpha value is -2.82. The van der Waals surface area contributed by atoms with Gasteiger partial charge in [-0.15, -0.1) is 0 Å². The maximum Gasteiger partial charge on any atom is 0.240 e. The van der Waals surface area contributed by atoms with Crippen molar-refractivity contribution in [2.45, 2.75) is 12.8 Å². The predicted molar refractivity (Wildman–Crippen MR) is 87.1 cm³/mol. The third kappa shape index (κ3) is 2.65. The topological polar surface area (TPSA) is 81.4 Å². The van der Waals surface area contributed by atoms with E-state index in [1.807, 2.05) is 36.4 Å². The molecule has 0 bridgehead atoms. The van der Waals surface area contributed by atoms with Gasteiger partial charge in [0, 0.05) is 5.69 Å². The number of carbonyl (C=O) groups excluding carboxylic acids is 2. The van der Waals surface area contributed by atoms with E-state index in [-0.39, 0.29) is 12.3 Å². The van der Waals surface area contributed by atoms with Crippen LogP contribution in [0.25, 0.3) is 0 Å². The summed E-state index contributed by atoms with van der Waals surface area (Å²) in [4.78, 5) is 24.8. The summed E-state index contributed by atoms with van der Waals surface area (Å²) in [5.74, 6) is -0.236. The lowest BCUT2D eigenvalue weighted by molar-refractivity contribution is -0.138. The number of anilines is 1. The van der Waals surface area contributed by atoms with Gasteiger partial charge in [0.2, 0.25) is 11.8 Å². The maximum absolute atomic E-state index is 12.6. The molecule has 1 aliphatic rings. The Morgan fingerprint density at radius 2 is 1.91 bits per heavy atom. The van der Waals surface area contributed by atoms with Crippen LogP contribution in [0, 0.1) is 5.41 Å². The quantitative estimate of drug-likeness (QED) is 0.846. The Labute approximate surface area is 134 Å². The number of methoxy groups -OCH3 is 1. The van der Waals surface area contributed by atoms with Crippen LogP contribution in [-0.4, -0.2) is 18.9 Å². The molecule has 2 aromatic carbocycles. The smallest absolute Gasteiger partial charge is 0.240 e. The predicted octanol–water partition coefficient (Wildman–Crippen LogP) is 1.90. The van der Waals surface area contributed by atoms with Crippen molar-refractivity contribution in [2.75, 3.05) is 12.4 Å². The minimum absolute atomic E-state index is 0.256. The highest BCUT2D eigenvalue weighted by molar-refractivity contribution is 6.12. The first-order valence-electron chi connectivity index (χ1n) is 7.37. The Bertz CT molecular complexity index is 755. The molecule has 0 aromatic heterocycles. The van der Waals surface area contributed by atoms with Gasteiger partial charge in [0.05, 0.1) is 7.11 Å². The van der Waals surface area contributed by atoms with Crippen molar-refractivity contribution in [2.24, 2.45) is 11.1 Å². The first-order chi connectivity index (χ1) is 11.0. The average Bonchev–Trinajstić information content (AvgIpc) is 2.56. The summed E-state index contributed by atoms with van der Waals surface area (Å²) < 4.78 is 5.13. The number of nitrogens with two attached hydrogens (primary N) is 1. The van der Waals surface area contributed by atoms with Gasteiger partial charge in [-0.05, 0) is 42.2 Å². The lowest BCUT2D eigenvalue weighted by atomic mass is 9.72. The van der Waals surface area contributed by atoms with Gasteiger partial charge in [-0.3, -0.25) is 9.59 Å². The highest BCUT2D eigenvalue weighted by Crippen LogP contribution is 2.36. The number of amides is 2. The van der Waals surface area contributed by atoms with Crippen molar-refractivity contribution in [3.05, 3.63) is 59.7 Å². The second-order valence-electron chi connectivity index (χ2n) is 5.76. The Balaban J connectivity index is 1.97. The average molecular weight is 310 g/mol. The number of para-hydroxylation sites is 1. The van der Waals surface area contributed by atoms with E-state index in [2.05, 4.69) is 5.32 Å². The fraction of sp³-hybridized carbons (Fsp3) is 0.222. The van der Waals surface area contributed by atoms with Gasteiger partial charge in [-0.25, -0.2) is 0 Å². The van der Waals surface area contributed by atoms with Crippen LogP contribution in [0.1, 0.15) is 11.1 Å². The molecule has 1 aliphatic heterocycles. The van der Waals surface area contributed by atoms with Gasteiger partial charge in [-0.1, -0.05) is 30.3 Å². The number of fused-ring (bicyclic) bond motifs is 1. The Kier molecular flexibility index (Phi) is 3.78. The number of benzene rings is 2. The van der Waals surface area contributed by atoms with Gasteiger partial charge in [-0.2, -0.15) is 0 Å². The highest BCUT2D eigenvalue weighted by Gasteiger charge is 2.47. The van der Waals surface area contributed by atoms with Crippen molar-refractivity contribution in [3.63, 3.8) is 0 Å². The summed E-state index contributed by atoms with van der Waals surface area (Å²) in [7, 11) is 1.59. The van der Waals surface area contributed by atoms with Crippen LogP contribution < -0.4 is 15.8 Å². The van der Waals surface area contributed by atoms with E-state index in [1.54, 1.807) is 19.2 Å². The molecule has 118 valence electrons. The minimum atomic E-state index is -1.27. The molecule has 0 saturated carbocycles. The van der Waals surface area contributed by atoms with E-state index < -0.39 is 11.3 Å². The molecule has 3 rings (SSSR count). The van der Waals surface area contributed by atoms with Crippen LogP contribution in [-0.2, 0) is 22.4 Å². The van der Waals surface area contributed by atoms with E-state index >= 15 is 0 Å². The van der Waals surface area contributed by atoms with E-state index in [0.29, 0.717) is 6.42 Å². The molecular formula is C18H18N2O3. The molecule has 23 heavy (non-hydrogen) atoms. The van der Waals surface area contributed by atoms with Gasteiger partial charge in [0.1, 0.15) is 11.2 Å². The van der Waals surface area contributed by atoms with Crippen molar-refractivity contribution in [1.82, 2.24) is 0 Å². The molecule has 1 unspecified atom stereocenters. The van der Waals surface area contributed by atoms with E-state index in [1.165, 1.54) is 0 Å². The molecule has 3 N–H and O–H groups in total. The SMILES string of the molecule is COc1ccc(CC2(C(N)=O)Cc3ccccc3NC2=O)cc1. The molecule has 0 radical (unpaired) electrons. The lowest BCUT2D eigenvalue weighted by Crippen LogP contribution is -2.52. The third-order valence-electron chi connectivity index (χ3n) is 4.33. The molecule has 0 saturated heterocycles. The first-order valence-corrected chi connectivity index (χ1v) is 7.37. The molecule has 2 amide bonds. The molecule has 0 spiro atoms. The van der Waals surface area contributed by atoms with Crippen LogP contribution in [0.5, 0.6) is 5.75 Å². The zero-order chi connectivity index (χ0) is 16.4. The fourth-order valence-corrected chi connectivity index (χ4v) is 2.96. The fourth-order valence-electron chi connectivity index (χ4n) is 2.96. The summed E-state index contributed by atoms with van der Waals surface area (Å²) in [5, 5.41) is 2.81. The zero-order valence-electron chi connectivity index (χ0n) is 12.8. The van der Waals surface area contributed by atoms with Gasteiger partial charge in [0.15, 0.2) is 0 Å². The molecule has 1 heterocycles. The summed E-state index contributed by atoms with van der Waals surface area (Å²) in [6.45, 7) is 0. The third-order valence-corrected chi connectivity index (χ3v) is 4.33. The van der Waals surface area contributed by atoms with Crippen LogP contribution in [0.3, 0.4) is 0 Å². The molecular weight excluding hydrogens is 292 g/mol. The normalized spacial score (nSPS) is 19.6. The maximum atomic E-state index is 12.6. The highest BCUT2D eigenvalue weighted by atomic mass is 16.5. The molecule has 0 aliphatic carbocycles. The molecule has 2 aromatic rings. The number of primary amides is 1. The van der Waals surface area contributed by atoms with Gasteiger partial charge < -0.3 is 15.8 Å². The standard InChI is InChI=1S/C18H18N2O3/c1-23-14-8-6-12(7-9-14)10-18(16(19)21)11-13-4-2-3-5-15(13)20-17(18)22/h2-9H,10-11H2,1H3,(H2,19,21)(H,20,22). The van der Waals surface area contributed by atoms with Gasteiger partial charge >= 0.3 is 0 Å². The molecule has 0 fully saturated rings. The summed E-state index contributed by atoms with van der Waals surface area (Å²) in [6, 6.07) is 14.8. The molecule has 5 heteroatoms. The van der Waals surface area contributed by atoms with Crippen LogP contribution in [0.15, 0.2) is 48.5 Å². The van der Waals surface area contributed by atoms with E-state index in [0.717, 1.165) is 22.6 Å². The number of ether oxygens (including phenoxy) is 1. The summed E-state index contributed by atoms with van der Waals surface area (Å²) in [5.41, 5.74) is 6.87. The van der Waals surface area contributed by atoms with Gasteiger partial charge in [0.25, 0.3) is 0 Å². The van der Waals surface area contributed by atoms with Crippen LogP contribution >= 0.6 is 0 Å². The van der Waals surface area contributed by atoms with E-state index in [9.17, 15) is 9.59 Å². The van der Waals surface area contributed by atoms with Crippen LogP contribution in [0.4, 0.5) is 5.69 Å². The van der Waals surface area contributed by atoms with Crippen molar-refractivity contribution in [3.8, 4) is 5.75 Å². The summed E-state index contributed by atoms with van der Waals surface area (Å²) >= 11 is 0. The second kappa shape index (κ2) is 5.76. The summed E-state index contributed by atoms with van der Waals surface area (Å²) in [6.07, 6.45) is 0.558. The number of hydrogen-bond donors (Lipinski definition) is 2. The lowest BCUT2D eigenvalue weighted by Gasteiger charge is -2.34. The Morgan fingerprint density at radius 1 is 1.22 bits per heavy atom. The van der Waals surface area contributed by atoms with Crippen molar-refractivity contribution < 1.29 is 14.3 Å². The Morgan fingerprint density at radius 3 is 2.57 bits per heavy atom. The number of rotatable bonds is 4. The number of hydrogen-bond acceptors (Lipinski definition) is 3. The second-order valence-corrected chi connectivity index (χ2v) is 5.76. The molecule has 1 atom stereocenters. The monoisotopic (exact) mass is 310 g/mol. The number of nitrogens with one attached hydrogen (secondary N) is 1. The largest absolute Gasteiger partial charge is 0.497 e. The first kappa shape index (κ1) is 15.1. The number of carbonyl (C=O) groups is 2. The van der Waals surface area contributed by atoms with Crippen molar-refractivity contribution >= 4 is 17.5 Å². The van der Waals surface area contributed by atoms with Crippen molar-refractivity contribution in [1.29, 1.82) is 0 Å². The molecule has 5 nitrogen and oxygen atoms in total. The van der Waals surface area contributed by atoms with Crippen LogP contribution in [0.2, 0.25) is 0 Å².